The molecule has 1 aromatic heterocycles. The van der Waals surface area contributed by atoms with Gasteiger partial charge < -0.3 is 4.90 Å². The summed E-state index contributed by atoms with van der Waals surface area (Å²) in [6.45, 7) is 6.58. The minimum absolute atomic E-state index is 0.0928. The fraction of sp³-hybridized carbons (Fsp3) is 0.500. The zero-order valence-corrected chi connectivity index (χ0v) is 15.4. The van der Waals surface area contributed by atoms with E-state index in [1.165, 1.54) is 5.56 Å². The number of piperidine rings is 1. The topological polar surface area (TPSA) is 41.4 Å². The largest absolute Gasteiger partial charge is 0.342 e. The summed E-state index contributed by atoms with van der Waals surface area (Å²) in [5.74, 6) is 0.375. The summed E-state index contributed by atoms with van der Waals surface area (Å²) in [6.07, 6.45) is 5.87. The van der Waals surface area contributed by atoms with Crippen molar-refractivity contribution in [3.63, 3.8) is 0 Å². The first-order valence-electron chi connectivity index (χ1n) is 9.13. The van der Waals surface area contributed by atoms with Crippen LogP contribution in [0, 0.1) is 5.92 Å². The second-order valence-corrected chi connectivity index (χ2v) is 7.21. The zero-order chi connectivity index (χ0) is 17.8. The van der Waals surface area contributed by atoms with Crippen LogP contribution in [0.5, 0.6) is 0 Å². The van der Waals surface area contributed by atoms with Crippen LogP contribution in [0.15, 0.2) is 42.7 Å². The van der Waals surface area contributed by atoms with E-state index in [1.54, 1.807) is 0 Å². The molecule has 1 saturated heterocycles. The minimum atomic E-state index is 0.0928. The average Bonchev–Trinajstić information content (AvgIpc) is 3.16. The molecular formula is C20H28N4O. The fourth-order valence-corrected chi connectivity index (χ4v) is 3.57. The summed E-state index contributed by atoms with van der Waals surface area (Å²) < 4.78 is 1.92. The lowest BCUT2D eigenvalue weighted by atomic mass is 10.0. The van der Waals surface area contributed by atoms with E-state index >= 15 is 0 Å². The van der Waals surface area contributed by atoms with Crippen molar-refractivity contribution in [2.24, 2.45) is 5.92 Å². The second kappa shape index (κ2) is 7.83. The Balaban J connectivity index is 1.63. The molecule has 3 rings (SSSR count). The SMILES string of the molecule is CC(C)C(=O)N1CCC(N(C)Cc2ccccc2-n2cccn2)CC1. The summed E-state index contributed by atoms with van der Waals surface area (Å²) in [5, 5.41) is 4.37. The molecule has 1 aromatic carbocycles. The predicted octanol–water partition coefficient (Wildman–Crippen LogP) is 2.95. The number of benzene rings is 1. The van der Waals surface area contributed by atoms with Crippen LogP contribution in [-0.4, -0.2) is 51.7 Å². The van der Waals surface area contributed by atoms with Crippen LogP contribution in [0.25, 0.3) is 5.69 Å². The molecule has 25 heavy (non-hydrogen) atoms. The van der Waals surface area contributed by atoms with Crippen LogP contribution in [0.2, 0.25) is 0 Å². The summed E-state index contributed by atoms with van der Waals surface area (Å²) >= 11 is 0. The molecule has 0 aliphatic carbocycles. The van der Waals surface area contributed by atoms with Gasteiger partial charge in [-0.3, -0.25) is 9.69 Å². The average molecular weight is 340 g/mol. The van der Waals surface area contributed by atoms with Crippen LogP contribution in [-0.2, 0) is 11.3 Å². The van der Waals surface area contributed by atoms with E-state index < -0.39 is 0 Å². The van der Waals surface area contributed by atoms with E-state index in [-0.39, 0.29) is 11.8 Å². The molecule has 0 N–H and O–H groups in total. The molecule has 134 valence electrons. The number of amides is 1. The van der Waals surface area contributed by atoms with Crippen molar-refractivity contribution in [2.75, 3.05) is 20.1 Å². The first-order chi connectivity index (χ1) is 12.1. The van der Waals surface area contributed by atoms with Crippen molar-refractivity contribution in [3.8, 4) is 5.69 Å². The smallest absolute Gasteiger partial charge is 0.225 e. The fourth-order valence-electron chi connectivity index (χ4n) is 3.57. The molecule has 1 amide bonds. The molecule has 0 bridgehead atoms. The molecule has 1 fully saturated rings. The number of likely N-dealkylation sites (tertiary alicyclic amines) is 1. The molecule has 0 spiro atoms. The molecule has 2 heterocycles. The zero-order valence-electron chi connectivity index (χ0n) is 15.4. The molecular weight excluding hydrogens is 312 g/mol. The third-order valence-electron chi connectivity index (χ3n) is 5.06. The first kappa shape index (κ1) is 17.7. The van der Waals surface area contributed by atoms with Crippen molar-refractivity contribution >= 4 is 5.91 Å². The number of rotatable bonds is 5. The van der Waals surface area contributed by atoms with Crippen molar-refractivity contribution < 1.29 is 4.79 Å². The molecule has 0 radical (unpaired) electrons. The van der Waals surface area contributed by atoms with Gasteiger partial charge in [-0.25, -0.2) is 4.68 Å². The standard InChI is InChI=1S/C20H28N4O/c1-16(2)20(25)23-13-9-18(10-14-23)22(3)15-17-7-4-5-8-19(17)24-12-6-11-21-24/h4-8,11-12,16,18H,9-10,13-15H2,1-3H3. The number of para-hydroxylation sites is 1. The maximum absolute atomic E-state index is 12.1. The summed E-state index contributed by atoms with van der Waals surface area (Å²) in [4.78, 5) is 16.6. The van der Waals surface area contributed by atoms with Gasteiger partial charge in [0.25, 0.3) is 0 Å². The van der Waals surface area contributed by atoms with E-state index in [9.17, 15) is 4.79 Å². The summed E-state index contributed by atoms with van der Waals surface area (Å²) in [6, 6.07) is 10.9. The molecule has 0 saturated carbocycles. The van der Waals surface area contributed by atoms with E-state index in [2.05, 4.69) is 41.3 Å². The van der Waals surface area contributed by atoms with Crippen LogP contribution in [0.3, 0.4) is 0 Å². The number of hydrogen-bond acceptors (Lipinski definition) is 3. The number of aromatic nitrogens is 2. The molecule has 1 aliphatic heterocycles. The molecule has 5 heteroatoms. The Bertz CT molecular complexity index is 687. The Morgan fingerprint density at radius 1 is 1.24 bits per heavy atom. The maximum atomic E-state index is 12.1. The van der Waals surface area contributed by atoms with Gasteiger partial charge in [-0.05, 0) is 37.6 Å². The monoisotopic (exact) mass is 340 g/mol. The van der Waals surface area contributed by atoms with Crippen molar-refractivity contribution in [3.05, 3.63) is 48.3 Å². The minimum Gasteiger partial charge on any atom is -0.342 e. The van der Waals surface area contributed by atoms with Gasteiger partial charge in [0.15, 0.2) is 0 Å². The highest BCUT2D eigenvalue weighted by molar-refractivity contribution is 5.78. The predicted molar refractivity (Wildman–Crippen MR) is 99.5 cm³/mol. The van der Waals surface area contributed by atoms with Crippen molar-refractivity contribution in [2.45, 2.75) is 39.3 Å². The number of nitrogens with zero attached hydrogens (tertiary/aromatic N) is 4. The third kappa shape index (κ3) is 4.10. The van der Waals surface area contributed by atoms with Crippen molar-refractivity contribution in [1.82, 2.24) is 19.6 Å². The lowest BCUT2D eigenvalue weighted by molar-refractivity contribution is -0.136. The quantitative estimate of drug-likeness (QED) is 0.840. The lowest BCUT2D eigenvalue weighted by Gasteiger charge is -2.37. The van der Waals surface area contributed by atoms with Crippen LogP contribution in [0.4, 0.5) is 0 Å². The van der Waals surface area contributed by atoms with Gasteiger partial charge in [-0.15, -0.1) is 0 Å². The number of hydrogen-bond donors (Lipinski definition) is 0. The highest BCUT2D eigenvalue weighted by Crippen LogP contribution is 2.21. The number of carbonyl (C=O) groups is 1. The summed E-state index contributed by atoms with van der Waals surface area (Å²) in [7, 11) is 2.18. The molecule has 0 unspecified atom stereocenters. The molecule has 2 aromatic rings. The molecule has 0 atom stereocenters. The Kier molecular flexibility index (Phi) is 5.53. The summed E-state index contributed by atoms with van der Waals surface area (Å²) in [5.41, 5.74) is 2.40. The van der Waals surface area contributed by atoms with E-state index in [0.717, 1.165) is 38.2 Å². The van der Waals surface area contributed by atoms with Gasteiger partial charge in [-0.2, -0.15) is 5.10 Å². The highest BCUT2D eigenvalue weighted by atomic mass is 16.2. The number of carbonyl (C=O) groups excluding carboxylic acids is 1. The van der Waals surface area contributed by atoms with Gasteiger partial charge in [0.05, 0.1) is 5.69 Å². The van der Waals surface area contributed by atoms with E-state index in [4.69, 9.17) is 0 Å². The highest BCUT2D eigenvalue weighted by Gasteiger charge is 2.26. The van der Waals surface area contributed by atoms with Gasteiger partial charge in [0.1, 0.15) is 0 Å². The lowest BCUT2D eigenvalue weighted by Crippen LogP contribution is -2.46. The third-order valence-corrected chi connectivity index (χ3v) is 5.06. The van der Waals surface area contributed by atoms with Gasteiger partial charge in [0, 0.05) is 44.0 Å². The van der Waals surface area contributed by atoms with Gasteiger partial charge in [0.2, 0.25) is 5.91 Å². The Morgan fingerprint density at radius 2 is 1.96 bits per heavy atom. The normalized spacial score (nSPS) is 16.0. The van der Waals surface area contributed by atoms with Gasteiger partial charge in [-0.1, -0.05) is 32.0 Å². The Hall–Kier alpha value is -2.14. The molecule has 5 nitrogen and oxygen atoms in total. The van der Waals surface area contributed by atoms with E-state index in [0.29, 0.717) is 6.04 Å². The van der Waals surface area contributed by atoms with E-state index in [1.807, 2.05) is 41.9 Å². The Morgan fingerprint density at radius 3 is 2.60 bits per heavy atom. The van der Waals surface area contributed by atoms with Crippen LogP contribution < -0.4 is 0 Å². The first-order valence-corrected chi connectivity index (χ1v) is 9.13. The molecule has 1 aliphatic rings. The van der Waals surface area contributed by atoms with Crippen molar-refractivity contribution in [1.29, 1.82) is 0 Å². The second-order valence-electron chi connectivity index (χ2n) is 7.21. The Labute approximate surface area is 150 Å². The van der Waals surface area contributed by atoms with Crippen LogP contribution in [0.1, 0.15) is 32.3 Å². The maximum Gasteiger partial charge on any atom is 0.225 e. The van der Waals surface area contributed by atoms with Gasteiger partial charge >= 0.3 is 0 Å². The van der Waals surface area contributed by atoms with Crippen LogP contribution >= 0.6 is 0 Å².